The molecule has 0 saturated carbocycles. The largest absolute Gasteiger partial charge is 0.494 e. The Balaban J connectivity index is 0.00000320. The van der Waals surface area contributed by atoms with Crippen LogP contribution in [0.1, 0.15) is 31.1 Å². The number of likely N-dealkylation sites (N-methyl/N-ethyl adjacent to an activating group) is 1. The van der Waals surface area contributed by atoms with Crippen molar-refractivity contribution in [2.45, 2.75) is 20.8 Å². The van der Waals surface area contributed by atoms with Crippen LogP contribution < -0.4 is 9.64 Å². The van der Waals surface area contributed by atoms with E-state index in [4.69, 9.17) is 9.72 Å². The summed E-state index contributed by atoms with van der Waals surface area (Å²) >= 11 is 5.04. The van der Waals surface area contributed by atoms with Crippen molar-refractivity contribution in [1.29, 1.82) is 0 Å². The van der Waals surface area contributed by atoms with Crippen LogP contribution in [0, 0.1) is 0 Å². The summed E-state index contributed by atoms with van der Waals surface area (Å²) < 4.78 is 7.41. The minimum atomic E-state index is -0.0475. The van der Waals surface area contributed by atoms with Crippen molar-refractivity contribution in [2.24, 2.45) is 0 Å². The number of nitrogens with zero attached hydrogens (tertiary/aromatic N) is 3. The van der Waals surface area contributed by atoms with Gasteiger partial charge in [0.25, 0.3) is 5.91 Å². The molecule has 0 unspecified atom stereocenters. The number of hydrogen-bond acceptors (Lipinski definition) is 5. The highest BCUT2D eigenvalue weighted by Crippen LogP contribution is 2.33. The van der Waals surface area contributed by atoms with E-state index in [0.717, 1.165) is 40.1 Å². The third-order valence-electron chi connectivity index (χ3n) is 4.77. The van der Waals surface area contributed by atoms with Gasteiger partial charge in [0.05, 0.1) is 22.4 Å². The zero-order chi connectivity index (χ0) is 20.8. The summed E-state index contributed by atoms with van der Waals surface area (Å²) in [6.07, 6.45) is 0. The van der Waals surface area contributed by atoms with Gasteiger partial charge in [-0.3, -0.25) is 9.69 Å². The zero-order valence-corrected chi connectivity index (χ0v) is 20.6. The van der Waals surface area contributed by atoms with Gasteiger partial charge in [-0.05, 0) is 66.3 Å². The highest BCUT2D eigenvalue weighted by molar-refractivity contribution is 9.10. The molecule has 1 amide bonds. The minimum Gasteiger partial charge on any atom is -0.494 e. The number of halogens is 2. The van der Waals surface area contributed by atoms with Crippen LogP contribution in [-0.4, -0.2) is 48.6 Å². The summed E-state index contributed by atoms with van der Waals surface area (Å²) in [5, 5.41) is 0.710. The first-order chi connectivity index (χ1) is 14.1. The second-order valence-corrected chi connectivity index (χ2v) is 8.39. The molecule has 0 spiro atoms. The predicted molar refractivity (Wildman–Crippen MR) is 132 cm³/mol. The second-order valence-electron chi connectivity index (χ2n) is 6.52. The van der Waals surface area contributed by atoms with Crippen LogP contribution in [-0.2, 0) is 0 Å². The van der Waals surface area contributed by atoms with Crippen LogP contribution in [0.3, 0.4) is 0 Å². The van der Waals surface area contributed by atoms with Gasteiger partial charge in [0, 0.05) is 17.6 Å². The van der Waals surface area contributed by atoms with Gasteiger partial charge in [-0.15, -0.1) is 12.4 Å². The molecule has 0 aliphatic rings. The topological polar surface area (TPSA) is 45.7 Å². The maximum absolute atomic E-state index is 13.4. The van der Waals surface area contributed by atoms with E-state index in [1.807, 2.05) is 49.4 Å². The Hall–Kier alpha value is -1.67. The average molecular weight is 513 g/mol. The van der Waals surface area contributed by atoms with Crippen molar-refractivity contribution >= 4 is 60.9 Å². The van der Waals surface area contributed by atoms with Crippen molar-refractivity contribution in [1.82, 2.24) is 9.88 Å². The maximum Gasteiger partial charge on any atom is 0.261 e. The molecule has 1 aromatic heterocycles. The van der Waals surface area contributed by atoms with E-state index in [2.05, 4.69) is 34.7 Å². The van der Waals surface area contributed by atoms with Gasteiger partial charge in [-0.2, -0.15) is 0 Å². The number of amides is 1. The fourth-order valence-electron chi connectivity index (χ4n) is 3.11. The summed E-state index contributed by atoms with van der Waals surface area (Å²) in [4.78, 5) is 22.3. The number of fused-ring (bicyclic) bond motifs is 1. The monoisotopic (exact) mass is 511 g/mol. The van der Waals surface area contributed by atoms with E-state index in [9.17, 15) is 4.79 Å². The van der Waals surface area contributed by atoms with Gasteiger partial charge in [0.1, 0.15) is 5.75 Å². The van der Waals surface area contributed by atoms with Crippen LogP contribution in [0.15, 0.2) is 46.9 Å². The molecule has 162 valence electrons. The minimum absolute atomic E-state index is 0. The van der Waals surface area contributed by atoms with E-state index in [-0.39, 0.29) is 18.3 Å². The average Bonchev–Trinajstić information content (AvgIpc) is 3.14. The lowest BCUT2D eigenvalue weighted by Gasteiger charge is -2.25. The number of anilines is 1. The molecule has 8 heteroatoms. The van der Waals surface area contributed by atoms with Crippen LogP contribution in [0.2, 0.25) is 0 Å². The Bertz CT molecular complexity index is 978. The zero-order valence-electron chi connectivity index (χ0n) is 17.4. The molecule has 3 aromatic rings. The lowest BCUT2D eigenvalue weighted by atomic mass is 10.2. The van der Waals surface area contributed by atoms with Gasteiger partial charge >= 0.3 is 0 Å². The smallest absolute Gasteiger partial charge is 0.261 e. The number of carbonyl (C=O) groups is 1. The van der Waals surface area contributed by atoms with Gasteiger partial charge in [-0.25, -0.2) is 4.98 Å². The van der Waals surface area contributed by atoms with Crippen molar-refractivity contribution in [3.05, 3.63) is 52.5 Å². The van der Waals surface area contributed by atoms with Gasteiger partial charge in [-0.1, -0.05) is 37.3 Å². The lowest BCUT2D eigenvalue weighted by Crippen LogP contribution is -2.39. The number of benzene rings is 2. The Morgan fingerprint density at radius 3 is 2.50 bits per heavy atom. The van der Waals surface area contributed by atoms with Gasteiger partial charge in [0.15, 0.2) is 5.13 Å². The van der Waals surface area contributed by atoms with E-state index in [0.29, 0.717) is 23.8 Å². The molecule has 3 rings (SSSR count). The Kier molecular flexibility index (Phi) is 9.55. The lowest BCUT2D eigenvalue weighted by molar-refractivity contribution is 0.0983. The van der Waals surface area contributed by atoms with Crippen molar-refractivity contribution in [3.63, 3.8) is 0 Å². The number of rotatable bonds is 9. The highest BCUT2D eigenvalue weighted by Gasteiger charge is 2.23. The number of thiazole rings is 1. The second kappa shape index (κ2) is 11.6. The molecule has 30 heavy (non-hydrogen) atoms. The fraction of sp³-hybridized carbons (Fsp3) is 0.364. The van der Waals surface area contributed by atoms with Crippen LogP contribution in [0.25, 0.3) is 10.2 Å². The molecule has 0 radical (unpaired) electrons. The van der Waals surface area contributed by atoms with E-state index < -0.39 is 0 Å². The molecular weight excluding hydrogens is 486 g/mol. The van der Waals surface area contributed by atoms with Gasteiger partial charge < -0.3 is 9.64 Å². The summed E-state index contributed by atoms with van der Waals surface area (Å²) in [5.41, 5.74) is 1.52. The molecular formula is C22H27BrClN3O2S. The summed E-state index contributed by atoms with van der Waals surface area (Å²) in [6, 6.07) is 13.4. The van der Waals surface area contributed by atoms with Gasteiger partial charge in [0.2, 0.25) is 0 Å². The van der Waals surface area contributed by atoms with Crippen molar-refractivity contribution in [3.8, 4) is 5.75 Å². The number of carbonyl (C=O) groups excluding carboxylic acids is 1. The van der Waals surface area contributed by atoms with Crippen LogP contribution in [0.4, 0.5) is 5.13 Å². The standard InChI is InChI=1S/C22H26BrN3O2S.ClH/c1-4-25(5-2)13-14-26(21(27)17-9-7-8-10-18(17)23)22-24-19-12-11-16(28-6-3)15-20(19)29-22;/h7-12,15H,4-6,13-14H2,1-3H3;1H. The van der Waals surface area contributed by atoms with E-state index in [1.54, 1.807) is 4.90 Å². The molecule has 0 atom stereocenters. The number of ether oxygens (including phenoxy) is 1. The first-order valence-corrected chi connectivity index (χ1v) is 11.5. The van der Waals surface area contributed by atoms with E-state index >= 15 is 0 Å². The first-order valence-electron chi connectivity index (χ1n) is 9.89. The third kappa shape index (κ3) is 5.72. The first kappa shape index (κ1) is 24.6. The predicted octanol–water partition coefficient (Wildman–Crippen LogP) is 5.87. The fourth-order valence-corrected chi connectivity index (χ4v) is 4.58. The van der Waals surface area contributed by atoms with E-state index in [1.165, 1.54) is 11.3 Å². The summed E-state index contributed by atoms with van der Waals surface area (Å²) in [5.74, 6) is 0.774. The maximum atomic E-state index is 13.4. The SMILES string of the molecule is CCOc1ccc2nc(N(CCN(CC)CC)C(=O)c3ccccc3Br)sc2c1.Cl. The molecule has 0 fully saturated rings. The Labute approximate surface area is 196 Å². The summed E-state index contributed by atoms with van der Waals surface area (Å²) in [6.45, 7) is 10.1. The third-order valence-corrected chi connectivity index (χ3v) is 6.51. The van der Waals surface area contributed by atoms with Crippen molar-refractivity contribution in [2.75, 3.05) is 37.7 Å². The Morgan fingerprint density at radius 2 is 1.83 bits per heavy atom. The summed E-state index contributed by atoms with van der Waals surface area (Å²) in [7, 11) is 0. The van der Waals surface area contributed by atoms with Crippen LogP contribution in [0.5, 0.6) is 5.75 Å². The quantitative estimate of drug-likeness (QED) is 0.360. The van der Waals surface area contributed by atoms with Crippen LogP contribution >= 0.6 is 39.7 Å². The number of hydrogen-bond donors (Lipinski definition) is 0. The Morgan fingerprint density at radius 1 is 1.10 bits per heavy atom. The molecule has 0 aliphatic heterocycles. The molecule has 2 aromatic carbocycles. The highest BCUT2D eigenvalue weighted by atomic mass is 79.9. The molecule has 0 aliphatic carbocycles. The normalized spacial score (nSPS) is 10.8. The molecule has 0 N–H and O–H groups in total. The molecule has 5 nitrogen and oxygen atoms in total. The van der Waals surface area contributed by atoms with Crippen molar-refractivity contribution < 1.29 is 9.53 Å². The molecule has 0 saturated heterocycles. The molecule has 0 bridgehead atoms. The molecule has 1 heterocycles. The number of aromatic nitrogens is 1.